The average Bonchev–Trinajstić information content (AvgIpc) is 2.71. The van der Waals surface area contributed by atoms with E-state index in [2.05, 4.69) is 68.0 Å². The summed E-state index contributed by atoms with van der Waals surface area (Å²) in [6.07, 6.45) is 3.29. The molecule has 18 heavy (non-hydrogen) atoms. The van der Waals surface area contributed by atoms with E-state index >= 15 is 0 Å². The zero-order valence-electron chi connectivity index (χ0n) is 12.0. The van der Waals surface area contributed by atoms with Crippen molar-refractivity contribution in [1.82, 2.24) is 9.88 Å². The van der Waals surface area contributed by atoms with Crippen molar-refractivity contribution in [2.24, 2.45) is 0 Å². The number of aromatic nitrogens is 1. The van der Waals surface area contributed by atoms with Crippen molar-refractivity contribution in [2.75, 3.05) is 6.54 Å². The molecule has 0 bridgehead atoms. The second kappa shape index (κ2) is 5.15. The summed E-state index contributed by atoms with van der Waals surface area (Å²) in [6.45, 7) is 10.9. The third-order valence-electron chi connectivity index (χ3n) is 3.26. The summed E-state index contributed by atoms with van der Waals surface area (Å²) in [4.78, 5) is 0. The van der Waals surface area contributed by atoms with Gasteiger partial charge in [-0.25, -0.2) is 0 Å². The van der Waals surface area contributed by atoms with Gasteiger partial charge >= 0.3 is 0 Å². The lowest BCUT2D eigenvalue weighted by molar-refractivity contribution is 0.414. The normalized spacial score (nSPS) is 12.2. The molecule has 0 saturated carbocycles. The number of nitrogens with one attached hydrogen (secondary N) is 1. The highest BCUT2D eigenvalue weighted by Crippen LogP contribution is 2.20. The van der Waals surface area contributed by atoms with Crippen LogP contribution in [0.1, 0.15) is 33.3 Å². The Kier molecular flexibility index (Phi) is 3.76. The van der Waals surface area contributed by atoms with E-state index in [1.807, 2.05) is 0 Å². The van der Waals surface area contributed by atoms with Gasteiger partial charge in [-0.1, -0.05) is 25.1 Å². The third kappa shape index (κ3) is 2.94. The fourth-order valence-electron chi connectivity index (χ4n) is 2.36. The highest BCUT2D eigenvalue weighted by molar-refractivity contribution is 5.83. The number of para-hydroxylation sites is 1. The largest absolute Gasteiger partial charge is 0.346 e. The summed E-state index contributed by atoms with van der Waals surface area (Å²) in [6, 6.07) is 8.79. The maximum Gasteiger partial charge on any atom is 0.0513 e. The first kappa shape index (κ1) is 13.2. The molecule has 0 amide bonds. The Hall–Kier alpha value is -1.28. The van der Waals surface area contributed by atoms with Crippen LogP contribution in [0.25, 0.3) is 10.9 Å². The van der Waals surface area contributed by atoms with Gasteiger partial charge < -0.3 is 9.88 Å². The summed E-state index contributed by atoms with van der Waals surface area (Å²) in [5.41, 5.74) is 3.03. The summed E-state index contributed by atoms with van der Waals surface area (Å²) < 4.78 is 2.37. The molecule has 2 rings (SSSR count). The standard InChI is InChI=1S/C16H24N2/c1-5-13-7-6-8-14-9-11-18(15(13)14)12-10-17-16(2,3)4/h6-9,11,17H,5,10,12H2,1-4H3. The van der Waals surface area contributed by atoms with Gasteiger partial charge in [0.2, 0.25) is 0 Å². The molecule has 0 atom stereocenters. The fraction of sp³-hybridized carbons (Fsp3) is 0.500. The Morgan fingerprint density at radius 3 is 2.61 bits per heavy atom. The van der Waals surface area contributed by atoms with E-state index < -0.39 is 0 Å². The molecule has 2 nitrogen and oxygen atoms in total. The smallest absolute Gasteiger partial charge is 0.0513 e. The van der Waals surface area contributed by atoms with E-state index in [4.69, 9.17) is 0 Å². The number of benzene rings is 1. The molecule has 0 aliphatic heterocycles. The molecule has 0 saturated heterocycles. The quantitative estimate of drug-likeness (QED) is 0.869. The summed E-state index contributed by atoms with van der Waals surface area (Å²) in [7, 11) is 0. The van der Waals surface area contributed by atoms with Crippen LogP contribution in [0.5, 0.6) is 0 Å². The molecule has 98 valence electrons. The lowest BCUT2D eigenvalue weighted by Crippen LogP contribution is -2.37. The Balaban J connectivity index is 2.18. The van der Waals surface area contributed by atoms with Crippen LogP contribution < -0.4 is 5.32 Å². The van der Waals surface area contributed by atoms with Crippen LogP contribution in [0.4, 0.5) is 0 Å². The second-order valence-corrected chi connectivity index (χ2v) is 5.89. The predicted molar refractivity (Wildman–Crippen MR) is 79.1 cm³/mol. The van der Waals surface area contributed by atoms with Crippen LogP contribution in [0, 0.1) is 0 Å². The zero-order chi connectivity index (χ0) is 13.2. The van der Waals surface area contributed by atoms with Crippen LogP contribution in [0.3, 0.4) is 0 Å². The first-order valence-electron chi connectivity index (χ1n) is 6.83. The lowest BCUT2D eigenvalue weighted by atomic mass is 10.1. The Bertz CT molecular complexity index is 517. The van der Waals surface area contributed by atoms with Crippen LogP contribution in [0.2, 0.25) is 0 Å². The van der Waals surface area contributed by atoms with Crippen molar-refractivity contribution in [3.8, 4) is 0 Å². The molecule has 0 spiro atoms. The number of hydrogen-bond acceptors (Lipinski definition) is 1. The van der Waals surface area contributed by atoms with Gasteiger partial charge in [0.1, 0.15) is 0 Å². The molecule has 0 radical (unpaired) electrons. The molecule has 2 heteroatoms. The number of aryl methyl sites for hydroxylation is 1. The third-order valence-corrected chi connectivity index (χ3v) is 3.26. The van der Waals surface area contributed by atoms with Crippen molar-refractivity contribution < 1.29 is 0 Å². The van der Waals surface area contributed by atoms with E-state index in [-0.39, 0.29) is 5.54 Å². The molecule has 0 fully saturated rings. The molecule has 0 aliphatic carbocycles. The van der Waals surface area contributed by atoms with Crippen molar-refractivity contribution >= 4 is 10.9 Å². The van der Waals surface area contributed by atoms with Crippen LogP contribution >= 0.6 is 0 Å². The van der Waals surface area contributed by atoms with Crippen molar-refractivity contribution in [3.63, 3.8) is 0 Å². The van der Waals surface area contributed by atoms with Gasteiger partial charge in [-0.2, -0.15) is 0 Å². The molecule has 2 aromatic rings. The highest BCUT2D eigenvalue weighted by Gasteiger charge is 2.09. The first-order valence-corrected chi connectivity index (χ1v) is 6.83. The number of hydrogen-bond donors (Lipinski definition) is 1. The van der Waals surface area contributed by atoms with Crippen LogP contribution in [0.15, 0.2) is 30.5 Å². The van der Waals surface area contributed by atoms with Crippen LogP contribution in [-0.4, -0.2) is 16.7 Å². The highest BCUT2D eigenvalue weighted by atomic mass is 15.0. The Morgan fingerprint density at radius 1 is 1.17 bits per heavy atom. The summed E-state index contributed by atoms with van der Waals surface area (Å²) in [5, 5.41) is 4.89. The van der Waals surface area contributed by atoms with E-state index in [9.17, 15) is 0 Å². The zero-order valence-corrected chi connectivity index (χ0v) is 12.0. The number of rotatable bonds is 4. The van der Waals surface area contributed by atoms with Gasteiger partial charge in [-0.15, -0.1) is 0 Å². The topological polar surface area (TPSA) is 17.0 Å². The number of nitrogens with zero attached hydrogens (tertiary/aromatic N) is 1. The maximum absolute atomic E-state index is 3.54. The van der Waals surface area contributed by atoms with Gasteiger partial charge in [0.15, 0.2) is 0 Å². The van der Waals surface area contributed by atoms with E-state index in [1.54, 1.807) is 0 Å². The Labute approximate surface area is 110 Å². The van der Waals surface area contributed by atoms with Crippen molar-refractivity contribution in [1.29, 1.82) is 0 Å². The lowest BCUT2D eigenvalue weighted by Gasteiger charge is -2.21. The van der Waals surface area contributed by atoms with Gasteiger partial charge in [0.05, 0.1) is 5.52 Å². The van der Waals surface area contributed by atoms with Crippen LogP contribution in [-0.2, 0) is 13.0 Å². The molecule has 0 unspecified atom stereocenters. The minimum Gasteiger partial charge on any atom is -0.346 e. The number of fused-ring (bicyclic) bond motifs is 1. The molecule has 1 aromatic carbocycles. The molecule has 1 N–H and O–H groups in total. The molecule has 1 heterocycles. The molecular weight excluding hydrogens is 220 g/mol. The monoisotopic (exact) mass is 244 g/mol. The van der Waals surface area contributed by atoms with E-state index in [0.717, 1.165) is 19.5 Å². The van der Waals surface area contributed by atoms with Crippen molar-refractivity contribution in [2.45, 2.75) is 46.2 Å². The van der Waals surface area contributed by atoms with E-state index in [0.29, 0.717) is 0 Å². The molecular formula is C16H24N2. The second-order valence-electron chi connectivity index (χ2n) is 5.89. The summed E-state index contributed by atoms with van der Waals surface area (Å²) >= 11 is 0. The van der Waals surface area contributed by atoms with Gasteiger partial charge in [-0.05, 0) is 44.2 Å². The van der Waals surface area contributed by atoms with E-state index in [1.165, 1.54) is 16.5 Å². The Morgan fingerprint density at radius 2 is 1.94 bits per heavy atom. The fourth-order valence-corrected chi connectivity index (χ4v) is 2.36. The molecule has 1 aromatic heterocycles. The first-order chi connectivity index (χ1) is 8.51. The summed E-state index contributed by atoms with van der Waals surface area (Å²) in [5.74, 6) is 0. The minimum atomic E-state index is 0.191. The minimum absolute atomic E-state index is 0.191. The SMILES string of the molecule is CCc1cccc2ccn(CCNC(C)(C)C)c12. The average molecular weight is 244 g/mol. The van der Waals surface area contributed by atoms with Crippen molar-refractivity contribution in [3.05, 3.63) is 36.0 Å². The van der Waals surface area contributed by atoms with Gasteiger partial charge in [-0.3, -0.25) is 0 Å². The van der Waals surface area contributed by atoms with Gasteiger partial charge in [0.25, 0.3) is 0 Å². The predicted octanol–water partition coefficient (Wildman–Crippen LogP) is 3.59. The molecule has 0 aliphatic rings. The maximum atomic E-state index is 3.54. The van der Waals surface area contributed by atoms with Gasteiger partial charge in [0, 0.05) is 24.8 Å².